The molecule has 0 saturated heterocycles. The molecule has 0 aliphatic carbocycles. The Labute approximate surface area is 100 Å². The second-order valence-electron chi connectivity index (χ2n) is 4.97. The molecule has 0 unspecified atom stereocenters. The number of hydrogen-bond acceptors (Lipinski definition) is 3. The van der Waals surface area contributed by atoms with Crippen molar-refractivity contribution < 1.29 is 4.79 Å². The fourth-order valence-corrected chi connectivity index (χ4v) is 1.36. The first kappa shape index (κ1) is 15.6. The van der Waals surface area contributed by atoms with Gasteiger partial charge in [-0.25, -0.2) is 0 Å². The van der Waals surface area contributed by atoms with Crippen molar-refractivity contribution in [3.8, 4) is 0 Å². The summed E-state index contributed by atoms with van der Waals surface area (Å²) in [6, 6.07) is 0.585. The van der Waals surface area contributed by atoms with E-state index in [1.54, 1.807) is 0 Å². The molecule has 0 aliphatic rings. The third-order valence-electron chi connectivity index (χ3n) is 2.53. The summed E-state index contributed by atoms with van der Waals surface area (Å²) in [7, 11) is 0. The van der Waals surface area contributed by atoms with Crippen LogP contribution in [0.15, 0.2) is 0 Å². The zero-order valence-corrected chi connectivity index (χ0v) is 11.3. The monoisotopic (exact) mass is 228 g/mol. The second-order valence-corrected chi connectivity index (χ2v) is 4.97. The van der Waals surface area contributed by atoms with E-state index >= 15 is 0 Å². The molecule has 0 rings (SSSR count). The van der Waals surface area contributed by atoms with Gasteiger partial charge < -0.3 is 10.6 Å². The summed E-state index contributed by atoms with van der Waals surface area (Å²) in [6.45, 7) is 10.8. The van der Waals surface area contributed by atoms with Gasteiger partial charge in [-0.3, -0.25) is 4.79 Å². The minimum absolute atomic E-state index is 0.155. The molecule has 0 saturated carbocycles. The van der Waals surface area contributed by atoms with Gasteiger partial charge in [0.25, 0.3) is 0 Å². The highest BCUT2D eigenvalue weighted by molar-refractivity contribution is 5.82. The van der Waals surface area contributed by atoms with Gasteiger partial charge in [0.05, 0.1) is 6.54 Å². The molecule has 96 valence electrons. The van der Waals surface area contributed by atoms with Crippen LogP contribution in [0.1, 0.15) is 47.0 Å². The van der Waals surface area contributed by atoms with Crippen LogP contribution in [0.3, 0.4) is 0 Å². The Bertz CT molecular complexity index is 179. The molecule has 0 amide bonds. The van der Waals surface area contributed by atoms with Crippen molar-refractivity contribution in [1.82, 2.24) is 10.6 Å². The molecule has 0 fully saturated rings. The molecule has 0 atom stereocenters. The van der Waals surface area contributed by atoms with Gasteiger partial charge in [-0.05, 0) is 25.9 Å². The number of carbonyl (C=O) groups is 1. The zero-order valence-electron chi connectivity index (χ0n) is 11.3. The van der Waals surface area contributed by atoms with Crippen LogP contribution in [0, 0.1) is 5.92 Å². The van der Waals surface area contributed by atoms with E-state index in [9.17, 15) is 4.79 Å². The molecule has 0 spiro atoms. The molecule has 0 heterocycles. The van der Waals surface area contributed by atoms with Crippen molar-refractivity contribution in [2.75, 3.05) is 19.6 Å². The largest absolute Gasteiger partial charge is 0.315 e. The number of Topliss-reactive ketones (excluding diaryl/α,β-unsaturated/α-hetero) is 1. The van der Waals surface area contributed by atoms with E-state index < -0.39 is 0 Å². The van der Waals surface area contributed by atoms with Gasteiger partial charge in [0.2, 0.25) is 0 Å². The van der Waals surface area contributed by atoms with Crippen LogP contribution in [-0.2, 0) is 4.79 Å². The second kappa shape index (κ2) is 9.79. The van der Waals surface area contributed by atoms with Crippen LogP contribution < -0.4 is 10.6 Å². The Morgan fingerprint density at radius 1 is 1.00 bits per heavy atom. The van der Waals surface area contributed by atoms with Crippen molar-refractivity contribution in [1.29, 1.82) is 0 Å². The van der Waals surface area contributed by atoms with Crippen LogP contribution in [0.25, 0.3) is 0 Å². The standard InChI is InChI=1S/C13H28N2O/c1-11(2)13(16)10-14-8-6-5-7-9-15-12(3)4/h11-12,14-15H,5-10H2,1-4H3. The van der Waals surface area contributed by atoms with Crippen LogP contribution in [-0.4, -0.2) is 31.5 Å². The molecular formula is C13H28N2O. The van der Waals surface area contributed by atoms with Crippen molar-refractivity contribution >= 4 is 5.78 Å². The number of rotatable bonds is 10. The van der Waals surface area contributed by atoms with E-state index in [1.807, 2.05) is 13.8 Å². The normalized spacial score (nSPS) is 11.4. The van der Waals surface area contributed by atoms with E-state index in [4.69, 9.17) is 0 Å². The predicted molar refractivity (Wildman–Crippen MR) is 69.7 cm³/mol. The number of unbranched alkanes of at least 4 members (excludes halogenated alkanes) is 2. The maximum absolute atomic E-state index is 11.3. The predicted octanol–water partition coefficient (Wildman–Crippen LogP) is 1.97. The van der Waals surface area contributed by atoms with E-state index in [-0.39, 0.29) is 5.92 Å². The lowest BCUT2D eigenvalue weighted by atomic mass is 10.1. The molecule has 0 aromatic heterocycles. The minimum atomic E-state index is 0.155. The highest BCUT2D eigenvalue weighted by Gasteiger charge is 2.05. The molecule has 0 aliphatic heterocycles. The van der Waals surface area contributed by atoms with Crippen molar-refractivity contribution in [3.05, 3.63) is 0 Å². The van der Waals surface area contributed by atoms with Crippen LogP contribution in [0.2, 0.25) is 0 Å². The summed E-state index contributed by atoms with van der Waals surface area (Å²) in [4.78, 5) is 11.3. The molecule has 16 heavy (non-hydrogen) atoms. The van der Waals surface area contributed by atoms with E-state index in [1.165, 1.54) is 12.8 Å². The SMILES string of the molecule is CC(C)NCCCCCNCC(=O)C(C)C. The lowest BCUT2D eigenvalue weighted by Gasteiger charge is -2.08. The van der Waals surface area contributed by atoms with E-state index in [2.05, 4.69) is 24.5 Å². The molecule has 3 heteroatoms. The fourth-order valence-electron chi connectivity index (χ4n) is 1.36. The third kappa shape index (κ3) is 10.1. The number of carbonyl (C=O) groups excluding carboxylic acids is 1. The molecule has 0 aromatic rings. The van der Waals surface area contributed by atoms with Crippen LogP contribution in [0.4, 0.5) is 0 Å². The van der Waals surface area contributed by atoms with Gasteiger partial charge >= 0.3 is 0 Å². The summed E-state index contributed by atoms with van der Waals surface area (Å²) < 4.78 is 0. The maximum atomic E-state index is 11.3. The Morgan fingerprint density at radius 3 is 2.19 bits per heavy atom. The molecular weight excluding hydrogens is 200 g/mol. The Hall–Kier alpha value is -0.410. The molecule has 0 radical (unpaired) electrons. The molecule has 3 nitrogen and oxygen atoms in total. The first-order valence-electron chi connectivity index (χ1n) is 6.51. The van der Waals surface area contributed by atoms with E-state index in [0.29, 0.717) is 18.4 Å². The van der Waals surface area contributed by atoms with Gasteiger partial charge in [0.1, 0.15) is 5.78 Å². The Balaban J connectivity index is 3.13. The van der Waals surface area contributed by atoms with Gasteiger partial charge in [0, 0.05) is 12.0 Å². The minimum Gasteiger partial charge on any atom is -0.315 e. The Morgan fingerprint density at radius 2 is 1.62 bits per heavy atom. The van der Waals surface area contributed by atoms with Gasteiger partial charge in [-0.15, -0.1) is 0 Å². The summed E-state index contributed by atoms with van der Waals surface area (Å²) in [5.74, 6) is 0.462. The maximum Gasteiger partial charge on any atom is 0.149 e. The average molecular weight is 228 g/mol. The fraction of sp³-hybridized carbons (Fsp3) is 0.923. The molecule has 2 N–H and O–H groups in total. The van der Waals surface area contributed by atoms with Gasteiger partial charge in [0.15, 0.2) is 0 Å². The first-order valence-corrected chi connectivity index (χ1v) is 6.51. The van der Waals surface area contributed by atoms with Crippen LogP contribution >= 0.6 is 0 Å². The Kier molecular flexibility index (Phi) is 9.54. The highest BCUT2D eigenvalue weighted by atomic mass is 16.1. The van der Waals surface area contributed by atoms with E-state index in [0.717, 1.165) is 19.5 Å². The lowest BCUT2D eigenvalue weighted by molar-refractivity contribution is -0.121. The van der Waals surface area contributed by atoms with Gasteiger partial charge in [-0.2, -0.15) is 0 Å². The topological polar surface area (TPSA) is 41.1 Å². The van der Waals surface area contributed by atoms with Crippen molar-refractivity contribution in [3.63, 3.8) is 0 Å². The summed E-state index contributed by atoms with van der Waals surface area (Å²) >= 11 is 0. The van der Waals surface area contributed by atoms with Crippen molar-refractivity contribution in [2.24, 2.45) is 5.92 Å². The number of ketones is 1. The highest BCUT2D eigenvalue weighted by Crippen LogP contribution is 1.95. The van der Waals surface area contributed by atoms with Gasteiger partial charge in [-0.1, -0.05) is 34.1 Å². The summed E-state index contributed by atoms with van der Waals surface area (Å²) in [5, 5.41) is 6.59. The van der Waals surface area contributed by atoms with Crippen molar-refractivity contribution in [2.45, 2.75) is 53.0 Å². The number of hydrogen-bond donors (Lipinski definition) is 2. The lowest BCUT2D eigenvalue weighted by Crippen LogP contribution is -2.27. The average Bonchev–Trinajstić information content (AvgIpc) is 2.21. The smallest absolute Gasteiger partial charge is 0.149 e. The molecule has 0 aromatic carbocycles. The number of nitrogens with one attached hydrogen (secondary N) is 2. The first-order chi connectivity index (χ1) is 7.54. The van der Waals surface area contributed by atoms with Crippen LogP contribution in [0.5, 0.6) is 0 Å². The summed E-state index contributed by atoms with van der Waals surface area (Å²) in [5.41, 5.74) is 0. The quantitative estimate of drug-likeness (QED) is 0.562. The zero-order chi connectivity index (χ0) is 12.4. The third-order valence-corrected chi connectivity index (χ3v) is 2.53. The molecule has 0 bridgehead atoms. The summed E-state index contributed by atoms with van der Waals surface area (Å²) in [6.07, 6.45) is 3.60.